The Morgan fingerprint density at radius 2 is 1.39 bits per heavy atom. The van der Waals surface area contributed by atoms with Crippen LogP contribution >= 0.6 is 0 Å². The minimum absolute atomic E-state index is 0.0427. The summed E-state index contributed by atoms with van der Waals surface area (Å²) >= 11 is 0. The molecule has 0 aliphatic carbocycles. The van der Waals surface area contributed by atoms with Crippen molar-refractivity contribution in [3.63, 3.8) is 0 Å². The number of amides is 1. The highest BCUT2D eigenvalue weighted by atomic mass is 16.5. The summed E-state index contributed by atoms with van der Waals surface area (Å²) in [5.41, 5.74) is 3.97. The Morgan fingerprint density at radius 1 is 0.727 bits per heavy atom. The predicted octanol–water partition coefficient (Wildman–Crippen LogP) is 4.83. The number of nitrogens with zero attached hydrogens (tertiary/aromatic N) is 5. The number of aromatic nitrogens is 2. The molecule has 44 heavy (non-hydrogen) atoms. The van der Waals surface area contributed by atoms with Gasteiger partial charge in [-0.15, -0.1) is 0 Å². The van der Waals surface area contributed by atoms with E-state index in [0.717, 1.165) is 73.8 Å². The fourth-order valence-electron chi connectivity index (χ4n) is 5.49. The van der Waals surface area contributed by atoms with Crippen LogP contribution in [-0.2, 0) is 0 Å². The highest BCUT2D eigenvalue weighted by Gasteiger charge is 2.25. The lowest BCUT2D eigenvalue weighted by atomic mass is 10.1. The fourth-order valence-corrected chi connectivity index (χ4v) is 5.49. The van der Waals surface area contributed by atoms with Crippen LogP contribution in [0.5, 0.6) is 11.5 Å². The van der Waals surface area contributed by atoms with Gasteiger partial charge in [0.25, 0.3) is 17.9 Å². The zero-order chi connectivity index (χ0) is 30.3. The SMILES string of the molecule is COc1ccc(C(=O)N2CCCN(c3nc4ccccc4o3)CC2)c(OC)c1.c1ccc2oc(N3CCCNCC3)nc2c1. The molecular weight excluding hydrogens is 560 g/mol. The summed E-state index contributed by atoms with van der Waals surface area (Å²) < 4.78 is 22.2. The predicted molar refractivity (Wildman–Crippen MR) is 170 cm³/mol. The number of oxazole rings is 2. The first-order valence-corrected chi connectivity index (χ1v) is 15.1. The molecule has 2 aliphatic rings. The number of carbonyl (C=O) groups excluding carboxylic acids is 1. The first-order valence-electron chi connectivity index (χ1n) is 15.1. The Bertz CT molecular complexity index is 1630. The van der Waals surface area contributed by atoms with E-state index in [0.29, 0.717) is 42.7 Å². The van der Waals surface area contributed by atoms with Gasteiger partial charge in [0.05, 0.1) is 19.8 Å². The first-order chi connectivity index (χ1) is 21.6. The third kappa shape index (κ3) is 6.57. The van der Waals surface area contributed by atoms with Crippen LogP contribution in [0.15, 0.2) is 75.6 Å². The number of methoxy groups -OCH3 is 2. The standard InChI is InChI=1S/C21H23N3O4.C12H15N3O/c1-26-15-8-9-16(19(14-15)27-2)20(25)23-10-5-11-24(13-12-23)21-22-17-6-3-4-7-18(17)28-21;1-2-5-11-10(4-1)14-12(16-11)15-8-3-6-13-7-9-15/h3-4,6-9,14H,5,10-13H2,1-2H3;1-2,4-5,13H,3,6-9H2. The first kappa shape index (κ1) is 29.3. The van der Waals surface area contributed by atoms with Gasteiger partial charge in [0, 0.05) is 51.9 Å². The van der Waals surface area contributed by atoms with Crippen molar-refractivity contribution in [1.82, 2.24) is 20.2 Å². The summed E-state index contributed by atoms with van der Waals surface area (Å²) in [5.74, 6) is 1.13. The number of hydrogen-bond acceptors (Lipinski definition) is 10. The van der Waals surface area contributed by atoms with Crippen molar-refractivity contribution in [1.29, 1.82) is 0 Å². The van der Waals surface area contributed by atoms with E-state index in [-0.39, 0.29) is 5.91 Å². The number of rotatable bonds is 5. The molecule has 1 amide bonds. The van der Waals surface area contributed by atoms with E-state index in [4.69, 9.17) is 18.3 Å². The number of anilines is 2. The van der Waals surface area contributed by atoms with Gasteiger partial charge in [0.15, 0.2) is 11.2 Å². The molecule has 0 saturated carbocycles. The molecule has 2 aromatic heterocycles. The van der Waals surface area contributed by atoms with E-state index in [1.165, 1.54) is 0 Å². The number of nitrogens with one attached hydrogen (secondary N) is 1. The van der Waals surface area contributed by atoms with Gasteiger partial charge in [-0.3, -0.25) is 4.79 Å². The lowest BCUT2D eigenvalue weighted by molar-refractivity contribution is 0.0763. The van der Waals surface area contributed by atoms with Gasteiger partial charge < -0.3 is 38.3 Å². The molecule has 2 saturated heterocycles. The average Bonchev–Trinajstić information content (AvgIpc) is 3.48. The lowest BCUT2D eigenvalue weighted by Gasteiger charge is -2.22. The Labute approximate surface area is 256 Å². The van der Waals surface area contributed by atoms with Crippen LogP contribution in [0.1, 0.15) is 23.2 Å². The molecule has 0 spiro atoms. The highest BCUT2D eigenvalue weighted by molar-refractivity contribution is 5.97. The van der Waals surface area contributed by atoms with E-state index in [1.807, 2.05) is 53.4 Å². The second kappa shape index (κ2) is 13.7. The van der Waals surface area contributed by atoms with Crippen LogP contribution in [0, 0.1) is 0 Å². The summed E-state index contributed by atoms with van der Waals surface area (Å²) in [5, 5.41) is 3.37. The summed E-state index contributed by atoms with van der Waals surface area (Å²) in [6.07, 6.45) is 1.97. The summed E-state index contributed by atoms with van der Waals surface area (Å²) in [7, 11) is 3.15. The number of benzene rings is 3. The van der Waals surface area contributed by atoms with Gasteiger partial charge in [0.1, 0.15) is 22.5 Å². The average molecular weight is 599 g/mol. The van der Waals surface area contributed by atoms with Crippen molar-refractivity contribution in [2.75, 3.05) is 76.4 Å². The summed E-state index contributed by atoms with van der Waals surface area (Å²) in [4.78, 5) is 28.3. The van der Waals surface area contributed by atoms with Gasteiger partial charge in [-0.1, -0.05) is 24.3 Å². The van der Waals surface area contributed by atoms with Gasteiger partial charge >= 0.3 is 0 Å². The van der Waals surface area contributed by atoms with Gasteiger partial charge in [-0.25, -0.2) is 0 Å². The van der Waals surface area contributed by atoms with Gasteiger partial charge in [-0.2, -0.15) is 9.97 Å². The van der Waals surface area contributed by atoms with E-state index >= 15 is 0 Å². The van der Waals surface area contributed by atoms with Crippen LogP contribution in [0.2, 0.25) is 0 Å². The van der Waals surface area contributed by atoms with Gasteiger partial charge in [0.2, 0.25) is 0 Å². The van der Waals surface area contributed by atoms with Crippen LogP contribution in [0.3, 0.4) is 0 Å². The molecule has 11 nitrogen and oxygen atoms in total. The van der Waals surface area contributed by atoms with E-state index < -0.39 is 0 Å². The minimum Gasteiger partial charge on any atom is -0.497 e. The maximum atomic E-state index is 13.1. The maximum absolute atomic E-state index is 13.1. The molecule has 4 heterocycles. The number of fused-ring (bicyclic) bond motifs is 2. The highest BCUT2D eigenvalue weighted by Crippen LogP contribution is 2.27. The molecular formula is C33H38N6O5. The molecule has 0 unspecified atom stereocenters. The molecule has 1 N–H and O–H groups in total. The largest absolute Gasteiger partial charge is 0.497 e. The molecule has 5 aromatic rings. The van der Waals surface area contributed by atoms with E-state index in [2.05, 4.69) is 25.1 Å². The van der Waals surface area contributed by atoms with Crippen molar-refractivity contribution in [2.24, 2.45) is 0 Å². The molecule has 3 aromatic carbocycles. The monoisotopic (exact) mass is 598 g/mol. The molecule has 0 bridgehead atoms. The molecule has 2 aliphatic heterocycles. The van der Waals surface area contributed by atoms with Crippen molar-refractivity contribution < 1.29 is 23.1 Å². The van der Waals surface area contributed by atoms with E-state index in [9.17, 15) is 4.79 Å². The zero-order valence-electron chi connectivity index (χ0n) is 25.2. The molecule has 0 radical (unpaired) electrons. The number of hydrogen-bond donors (Lipinski definition) is 1. The van der Waals surface area contributed by atoms with Crippen LogP contribution in [0.25, 0.3) is 22.2 Å². The normalized spacial score (nSPS) is 15.8. The summed E-state index contributed by atoms with van der Waals surface area (Å²) in [6.45, 7) is 6.77. The Kier molecular flexibility index (Phi) is 9.11. The fraction of sp³-hybridized carbons (Fsp3) is 0.364. The smallest absolute Gasteiger partial charge is 0.298 e. The van der Waals surface area contributed by atoms with Crippen LogP contribution in [0.4, 0.5) is 12.0 Å². The van der Waals surface area contributed by atoms with Gasteiger partial charge in [-0.05, 0) is 55.8 Å². The zero-order valence-corrected chi connectivity index (χ0v) is 25.2. The molecule has 230 valence electrons. The third-order valence-electron chi connectivity index (χ3n) is 7.87. The number of ether oxygens (including phenoxy) is 2. The molecule has 11 heteroatoms. The quantitative estimate of drug-likeness (QED) is 0.302. The van der Waals surface area contributed by atoms with Crippen LogP contribution < -0.4 is 24.6 Å². The second-order valence-corrected chi connectivity index (χ2v) is 10.7. The Hall–Kier alpha value is -4.77. The lowest BCUT2D eigenvalue weighted by Crippen LogP contribution is -2.35. The number of carbonyl (C=O) groups is 1. The third-order valence-corrected chi connectivity index (χ3v) is 7.87. The molecule has 2 fully saturated rings. The van der Waals surface area contributed by atoms with Crippen LogP contribution in [-0.4, -0.2) is 87.4 Å². The topological polar surface area (TPSA) is 109 Å². The molecule has 7 rings (SSSR count). The Balaban J connectivity index is 0.000000181. The van der Waals surface area contributed by atoms with Crippen molar-refractivity contribution in [3.05, 3.63) is 72.3 Å². The minimum atomic E-state index is -0.0427. The number of para-hydroxylation sites is 4. The Morgan fingerprint density at radius 3 is 2.05 bits per heavy atom. The van der Waals surface area contributed by atoms with E-state index in [1.54, 1.807) is 32.4 Å². The van der Waals surface area contributed by atoms with Crippen molar-refractivity contribution in [2.45, 2.75) is 12.8 Å². The maximum Gasteiger partial charge on any atom is 0.298 e. The second-order valence-electron chi connectivity index (χ2n) is 10.7. The molecule has 0 atom stereocenters. The van der Waals surface area contributed by atoms with Crippen molar-refractivity contribution in [3.8, 4) is 11.5 Å². The van der Waals surface area contributed by atoms with Crippen molar-refractivity contribution >= 4 is 40.1 Å². The summed E-state index contributed by atoms with van der Waals surface area (Å²) in [6, 6.07) is 22.3.